The second-order valence-corrected chi connectivity index (χ2v) is 5.07. The van der Waals surface area contributed by atoms with Gasteiger partial charge in [-0.05, 0) is 18.2 Å². The van der Waals surface area contributed by atoms with Crippen molar-refractivity contribution in [1.82, 2.24) is 9.78 Å². The zero-order valence-corrected chi connectivity index (χ0v) is 11.2. The Hall–Kier alpha value is -0.810. The largest absolute Gasteiger partial charge is 0.384 e. The molecule has 0 aliphatic rings. The molecule has 0 saturated heterocycles. The van der Waals surface area contributed by atoms with E-state index in [1.807, 2.05) is 31.3 Å². The Labute approximate surface area is 105 Å². The number of hydrogen-bond donors (Lipinski definition) is 1. The van der Waals surface area contributed by atoms with Gasteiger partial charge in [-0.3, -0.25) is 4.68 Å². The lowest BCUT2D eigenvalue weighted by Crippen LogP contribution is -1.96. The lowest BCUT2D eigenvalue weighted by atomic mass is 10.1. The van der Waals surface area contributed by atoms with Gasteiger partial charge in [0.25, 0.3) is 0 Å². The summed E-state index contributed by atoms with van der Waals surface area (Å²) in [5, 5.41) is 4.31. The molecular weight excluding hydrogens is 322 g/mol. The maximum Gasteiger partial charge on any atom is 0.121 e. The van der Waals surface area contributed by atoms with Gasteiger partial charge in [-0.2, -0.15) is 5.10 Å². The van der Waals surface area contributed by atoms with Crippen molar-refractivity contribution in [3.63, 3.8) is 0 Å². The number of benzene rings is 1. The second-order valence-electron chi connectivity index (χ2n) is 3.24. The van der Waals surface area contributed by atoms with Crippen LogP contribution >= 0.6 is 31.9 Å². The number of rotatable bonds is 1. The average Bonchev–Trinajstić information content (AvgIpc) is 2.45. The summed E-state index contributed by atoms with van der Waals surface area (Å²) in [6.07, 6.45) is 0. The highest BCUT2D eigenvalue weighted by atomic mass is 79.9. The molecule has 0 saturated carbocycles. The van der Waals surface area contributed by atoms with Crippen molar-refractivity contribution in [1.29, 1.82) is 0 Å². The highest BCUT2D eigenvalue weighted by Gasteiger charge is 2.06. The van der Waals surface area contributed by atoms with Gasteiger partial charge in [0, 0.05) is 27.6 Å². The molecule has 0 spiro atoms. The first-order chi connectivity index (χ1) is 7.06. The van der Waals surface area contributed by atoms with Gasteiger partial charge in [-0.25, -0.2) is 0 Å². The molecular formula is C10H9Br2N3. The van der Waals surface area contributed by atoms with Gasteiger partial charge < -0.3 is 5.73 Å². The summed E-state index contributed by atoms with van der Waals surface area (Å²) >= 11 is 6.88. The second kappa shape index (κ2) is 3.98. The van der Waals surface area contributed by atoms with Crippen molar-refractivity contribution in [2.45, 2.75) is 0 Å². The van der Waals surface area contributed by atoms with Gasteiger partial charge in [0.2, 0.25) is 0 Å². The summed E-state index contributed by atoms with van der Waals surface area (Å²) in [6, 6.07) is 7.85. The fraction of sp³-hybridized carbons (Fsp3) is 0.100. The molecule has 0 atom stereocenters. The van der Waals surface area contributed by atoms with Crippen LogP contribution in [0.2, 0.25) is 0 Å². The van der Waals surface area contributed by atoms with E-state index in [2.05, 4.69) is 37.0 Å². The first-order valence-electron chi connectivity index (χ1n) is 4.32. The van der Waals surface area contributed by atoms with E-state index in [0.717, 1.165) is 20.2 Å². The predicted molar refractivity (Wildman–Crippen MR) is 68.5 cm³/mol. The van der Waals surface area contributed by atoms with Crippen molar-refractivity contribution in [2.24, 2.45) is 7.05 Å². The summed E-state index contributed by atoms with van der Waals surface area (Å²) in [7, 11) is 1.83. The van der Waals surface area contributed by atoms with E-state index < -0.39 is 0 Å². The molecule has 2 aromatic rings. The number of nitrogens with zero attached hydrogens (tertiary/aromatic N) is 2. The van der Waals surface area contributed by atoms with Crippen molar-refractivity contribution >= 4 is 37.7 Å². The molecule has 2 rings (SSSR count). The van der Waals surface area contributed by atoms with Gasteiger partial charge in [-0.1, -0.05) is 31.9 Å². The van der Waals surface area contributed by atoms with E-state index in [0.29, 0.717) is 5.82 Å². The molecule has 1 heterocycles. The van der Waals surface area contributed by atoms with Crippen molar-refractivity contribution in [3.8, 4) is 11.3 Å². The van der Waals surface area contributed by atoms with E-state index in [1.165, 1.54) is 0 Å². The van der Waals surface area contributed by atoms with Gasteiger partial charge >= 0.3 is 0 Å². The molecule has 1 aromatic heterocycles. The summed E-state index contributed by atoms with van der Waals surface area (Å²) in [5.74, 6) is 0.654. The molecule has 0 radical (unpaired) electrons. The number of aromatic nitrogens is 2. The van der Waals surface area contributed by atoms with Crippen LogP contribution in [0.15, 0.2) is 33.2 Å². The number of nitrogens with two attached hydrogens (primary N) is 1. The normalized spacial score (nSPS) is 10.6. The highest BCUT2D eigenvalue weighted by Crippen LogP contribution is 2.27. The Kier molecular flexibility index (Phi) is 2.84. The zero-order chi connectivity index (χ0) is 11.0. The van der Waals surface area contributed by atoms with Crippen LogP contribution in [0.1, 0.15) is 0 Å². The molecule has 0 fully saturated rings. The van der Waals surface area contributed by atoms with E-state index in [4.69, 9.17) is 5.73 Å². The highest BCUT2D eigenvalue weighted by molar-refractivity contribution is 9.11. The summed E-state index contributed by atoms with van der Waals surface area (Å²) in [5.41, 5.74) is 7.63. The standard InChI is InChI=1S/C10H9Br2N3/c1-15-10(13)5-9(14-15)6-2-7(11)4-8(12)3-6/h2-5H,13H2,1H3. The first-order valence-corrected chi connectivity index (χ1v) is 5.91. The minimum atomic E-state index is 0.654. The molecule has 2 N–H and O–H groups in total. The Morgan fingerprint density at radius 2 is 1.73 bits per heavy atom. The van der Waals surface area contributed by atoms with E-state index in [9.17, 15) is 0 Å². The molecule has 0 unspecified atom stereocenters. The third-order valence-electron chi connectivity index (χ3n) is 2.07. The SMILES string of the molecule is Cn1nc(-c2cc(Br)cc(Br)c2)cc1N. The van der Waals surface area contributed by atoms with Crippen LogP contribution in [0.3, 0.4) is 0 Å². The lowest BCUT2D eigenvalue weighted by Gasteiger charge is -1.99. The van der Waals surface area contributed by atoms with Crippen LogP contribution in [0.4, 0.5) is 5.82 Å². The van der Waals surface area contributed by atoms with Gasteiger partial charge in [0.1, 0.15) is 5.82 Å². The molecule has 0 amide bonds. The van der Waals surface area contributed by atoms with Crippen LogP contribution in [0, 0.1) is 0 Å². The number of nitrogen functional groups attached to an aromatic ring is 1. The van der Waals surface area contributed by atoms with Crippen LogP contribution in [-0.2, 0) is 7.05 Å². The average molecular weight is 331 g/mol. The Bertz CT molecular complexity index is 466. The number of anilines is 1. The molecule has 78 valence electrons. The minimum Gasteiger partial charge on any atom is -0.384 e. The number of halogens is 2. The molecule has 1 aromatic carbocycles. The third-order valence-corrected chi connectivity index (χ3v) is 2.99. The Morgan fingerprint density at radius 3 is 2.20 bits per heavy atom. The lowest BCUT2D eigenvalue weighted by molar-refractivity contribution is 0.782. The fourth-order valence-corrected chi connectivity index (χ4v) is 2.62. The summed E-state index contributed by atoms with van der Waals surface area (Å²) < 4.78 is 3.68. The minimum absolute atomic E-state index is 0.654. The maximum absolute atomic E-state index is 5.73. The topological polar surface area (TPSA) is 43.8 Å². The van der Waals surface area contributed by atoms with Crippen LogP contribution in [0.25, 0.3) is 11.3 Å². The van der Waals surface area contributed by atoms with Gasteiger partial charge in [-0.15, -0.1) is 0 Å². The fourth-order valence-electron chi connectivity index (χ4n) is 1.32. The van der Waals surface area contributed by atoms with Crippen LogP contribution in [0.5, 0.6) is 0 Å². The zero-order valence-electron chi connectivity index (χ0n) is 8.04. The van der Waals surface area contributed by atoms with Crippen molar-refractivity contribution < 1.29 is 0 Å². The van der Waals surface area contributed by atoms with E-state index >= 15 is 0 Å². The first kappa shape index (κ1) is 10.7. The Morgan fingerprint density at radius 1 is 1.13 bits per heavy atom. The molecule has 5 heteroatoms. The molecule has 0 aliphatic carbocycles. The maximum atomic E-state index is 5.73. The van der Waals surface area contributed by atoms with Crippen LogP contribution in [-0.4, -0.2) is 9.78 Å². The van der Waals surface area contributed by atoms with E-state index in [-0.39, 0.29) is 0 Å². The summed E-state index contributed by atoms with van der Waals surface area (Å²) in [6.45, 7) is 0. The monoisotopic (exact) mass is 329 g/mol. The third kappa shape index (κ3) is 2.23. The molecule has 0 aliphatic heterocycles. The summed E-state index contributed by atoms with van der Waals surface area (Å²) in [4.78, 5) is 0. The Balaban J connectivity index is 2.53. The molecule has 3 nitrogen and oxygen atoms in total. The quantitative estimate of drug-likeness (QED) is 0.872. The molecule has 15 heavy (non-hydrogen) atoms. The van der Waals surface area contributed by atoms with Crippen molar-refractivity contribution in [3.05, 3.63) is 33.2 Å². The van der Waals surface area contributed by atoms with Gasteiger partial charge in [0.05, 0.1) is 5.69 Å². The molecule has 0 bridgehead atoms. The van der Waals surface area contributed by atoms with E-state index in [1.54, 1.807) is 4.68 Å². The van der Waals surface area contributed by atoms with Crippen LogP contribution < -0.4 is 5.73 Å². The smallest absolute Gasteiger partial charge is 0.121 e. The number of aryl methyl sites for hydroxylation is 1. The predicted octanol–water partition coefficient (Wildman–Crippen LogP) is 3.19. The number of hydrogen-bond acceptors (Lipinski definition) is 2. The van der Waals surface area contributed by atoms with Gasteiger partial charge in [0.15, 0.2) is 0 Å². The van der Waals surface area contributed by atoms with Crippen molar-refractivity contribution in [2.75, 3.05) is 5.73 Å².